The Kier molecular flexibility index (Phi) is 6.26. The predicted molar refractivity (Wildman–Crippen MR) is 141 cm³/mol. The molecule has 3 heterocycles. The molecular formula is C28H28N6O4. The molecule has 0 radical (unpaired) electrons. The number of nitrogens with zero attached hydrogens (tertiary/aromatic N) is 3. The van der Waals surface area contributed by atoms with E-state index in [0.29, 0.717) is 60.4 Å². The van der Waals surface area contributed by atoms with Crippen LogP contribution in [0.1, 0.15) is 41.6 Å². The molecule has 1 saturated heterocycles. The van der Waals surface area contributed by atoms with Gasteiger partial charge in [0.1, 0.15) is 5.75 Å². The van der Waals surface area contributed by atoms with Crippen molar-refractivity contribution < 1.29 is 19.1 Å². The van der Waals surface area contributed by atoms with E-state index in [9.17, 15) is 9.59 Å². The zero-order valence-electron chi connectivity index (χ0n) is 20.7. The zero-order valence-corrected chi connectivity index (χ0v) is 20.7. The van der Waals surface area contributed by atoms with E-state index in [4.69, 9.17) is 15.2 Å². The van der Waals surface area contributed by atoms with Crippen molar-refractivity contribution >= 4 is 29.0 Å². The van der Waals surface area contributed by atoms with Gasteiger partial charge in [-0.25, -0.2) is 9.50 Å². The van der Waals surface area contributed by atoms with Gasteiger partial charge in [-0.3, -0.25) is 9.59 Å². The summed E-state index contributed by atoms with van der Waals surface area (Å²) in [5.74, 6) is 1.15. The molecule has 2 aliphatic rings. The van der Waals surface area contributed by atoms with Gasteiger partial charge in [-0.15, -0.1) is 5.10 Å². The van der Waals surface area contributed by atoms with Gasteiger partial charge in [0.2, 0.25) is 11.8 Å². The van der Waals surface area contributed by atoms with E-state index < -0.39 is 5.54 Å². The first-order valence-electron chi connectivity index (χ1n) is 12.7. The highest BCUT2D eigenvalue weighted by Crippen LogP contribution is 2.31. The maximum atomic E-state index is 13.0. The standard InChI is InChI=1S/C28H28N6O4/c29-28(11-13-37-14-12-28)20-4-1-3-19(15-20)27(36)30-21-5-2-6-22(16-21)38-25-10-9-24-31-23(17-34(24)33-25)32-26(35)18-7-8-18/h1-6,9-10,15-18H,7-8,11-14,29H2,(H,30,36)(H,32,35). The van der Waals surface area contributed by atoms with Crippen molar-refractivity contribution in [1.29, 1.82) is 0 Å². The number of rotatable bonds is 7. The van der Waals surface area contributed by atoms with E-state index in [2.05, 4.69) is 20.7 Å². The number of aromatic nitrogens is 3. The zero-order chi connectivity index (χ0) is 26.1. The molecule has 0 bridgehead atoms. The van der Waals surface area contributed by atoms with Gasteiger partial charge in [-0.2, -0.15) is 0 Å². The van der Waals surface area contributed by atoms with E-state index in [1.54, 1.807) is 53.2 Å². The summed E-state index contributed by atoms with van der Waals surface area (Å²) in [4.78, 5) is 29.4. The quantitative estimate of drug-likeness (QED) is 0.340. The van der Waals surface area contributed by atoms with Crippen LogP contribution in [0.4, 0.5) is 11.5 Å². The summed E-state index contributed by atoms with van der Waals surface area (Å²) in [5.41, 5.74) is 8.75. The van der Waals surface area contributed by atoms with Gasteiger partial charge in [0.25, 0.3) is 5.91 Å². The fourth-order valence-corrected chi connectivity index (χ4v) is 4.51. The van der Waals surface area contributed by atoms with Crippen LogP contribution in [0.15, 0.2) is 66.9 Å². The van der Waals surface area contributed by atoms with Crippen molar-refractivity contribution in [3.8, 4) is 11.6 Å². The molecule has 1 aliphatic carbocycles. The first kappa shape index (κ1) is 24.1. The van der Waals surface area contributed by atoms with Gasteiger partial charge >= 0.3 is 0 Å². The number of anilines is 2. The molecule has 0 unspecified atom stereocenters. The molecule has 2 amide bonds. The second-order valence-electron chi connectivity index (χ2n) is 9.80. The third-order valence-corrected chi connectivity index (χ3v) is 6.89. The molecule has 4 N–H and O–H groups in total. The Balaban J connectivity index is 1.14. The Morgan fingerprint density at radius 2 is 1.84 bits per heavy atom. The normalized spacial score (nSPS) is 16.7. The third-order valence-electron chi connectivity index (χ3n) is 6.89. The third kappa shape index (κ3) is 5.22. The lowest BCUT2D eigenvalue weighted by molar-refractivity contribution is -0.117. The second kappa shape index (κ2) is 9.88. The molecule has 1 saturated carbocycles. The number of hydrogen-bond acceptors (Lipinski definition) is 7. The van der Waals surface area contributed by atoms with Crippen molar-refractivity contribution in [2.24, 2.45) is 11.7 Å². The number of fused-ring (bicyclic) bond motifs is 1. The molecule has 4 aromatic rings. The van der Waals surface area contributed by atoms with Crippen molar-refractivity contribution in [1.82, 2.24) is 14.6 Å². The van der Waals surface area contributed by atoms with Crippen LogP contribution in [0, 0.1) is 5.92 Å². The van der Waals surface area contributed by atoms with Crippen LogP contribution in [-0.4, -0.2) is 39.6 Å². The van der Waals surface area contributed by atoms with E-state index in [1.165, 1.54) is 0 Å². The number of amides is 2. The highest BCUT2D eigenvalue weighted by Gasteiger charge is 2.31. The number of nitrogens with two attached hydrogens (primary N) is 1. The van der Waals surface area contributed by atoms with Crippen LogP contribution in [0.5, 0.6) is 11.6 Å². The van der Waals surface area contributed by atoms with E-state index in [0.717, 1.165) is 18.4 Å². The minimum atomic E-state index is -0.491. The van der Waals surface area contributed by atoms with Crippen molar-refractivity contribution in [2.45, 2.75) is 31.2 Å². The molecule has 10 nitrogen and oxygen atoms in total. The number of nitrogens with one attached hydrogen (secondary N) is 2. The Hall–Kier alpha value is -4.28. The molecule has 2 aromatic carbocycles. The van der Waals surface area contributed by atoms with Crippen LogP contribution in [0.2, 0.25) is 0 Å². The van der Waals surface area contributed by atoms with Crippen LogP contribution in [0.3, 0.4) is 0 Å². The SMILES string of the molecule is NC1(c2cccc(C(=O)Nc3cccc(Oc4ccc5nc(NC(=O)C6CC6)cn5n4)c3)c2)CCOCC1. The van der Waals surface area contributed by atoms with Gasteiger partial charge in [-0.1, -0.05) is 18.2 Å². The van der Waals surface area contributed by atoms with Gasteiger partial charge in [0, 0.05) is 48.1 Å². The molecular weight excluding hydrogens is 484 g/mol. The summed E-state index contributed by atoms with van der Waals surface area (Å²) in [7, 11) is 0. The van der Waals surface area contributed by atoms with Crippen LogP contribution >= 0.6 is 0 Å². The summed E-state index contributed by atoms with van der Waals surface area (Å²) in [6.45, 7) is 1.22. The van der Waals surface area contributed by atoms with Crippen molar-refractivity contribution in [3.05, 3.63) is 78.0 Å². The maximum absolute atomic E-state index is 13.0. The number of carbonyl (C=O) groups excluding carboxylic acids is 2. The summed E-state index contributed by atoms with van der Waals surface area (Å²) < 4.78 is 12.9. The van der Waals surface area contributed by atoms with Gasteiger partial charge in [0.05, 0.1) is 6.20 Å². The monoisotopic (exact) mass is 512 g/mol. The van der Waals surface area contributed by atoms with Crippen molar-refractivity contribution in [3.63, 3.8) is 0 Å². The van der Waals surface area contributed by atoms with E-state index in [-0.39, 0.29) is 17.7 Å². The van der Waals surface area contributed by atoms with E-state index in [1.807, 2.05) is 18.2 Å². The first-order valence-corrected chi connectivity index (χ1v) is 12.7. The van der Waals surface area contributed by atoms with Crippen molar-refractivity contribution in [2.75, 3.05) is 23.8 Å². The highest BCUT2D eigenvalue weighted by atomic mass is 16.5. The smallest absolute Gasteiger partial charge is 0.255 e. The molecule has 194 valence electrons. The predicted octanol–water partition coefficient (Wildman–Crippen LogP) is 4.09. The average molecular weight is 513 g/mol. The van der Waals surface area contributed by atoms with Gasteiger partial charge in [-0.05, 0) is 61.6 Å². The highest BCUT2D eigenvalue weighted by molar-refractivity contribution is 6.04. The van der Waals surface area contributed by atoms with Crippen LogP contribution in [0.25, 0.3) is 5.65 Å². The lowest BCUT2D eigenvalue weighted by atomic mass is 9.83. The topological polar surface area (TPSA) is 133 Å². The Bertz CT molecular complexity index is 1510. The second-order valence-corrected chi connectivity index (χ2v) is 9.80. The minimum absolute atomic E-state index is 0.0124. The average Bonchev–Trinajstić information content (AvgIpc) is 3.70. The fraction of sp³-hybridized carbons (Fsp3) is 0.286. The Morgan fingerprint density at radius 3 is 2.66 bits per heavy atom. The number of imidazole rings is 1. The lowest BCUT2D eigenvalue weighted by Gasteiger charge is -2.34. The fourth-order valence-electron chi connectivity index (χ4n) is 4.51. The van der Waals surface area contributed by atoms with Gasteiger partial charge in [0.15, 0.2) is 11.5 Å². The molecule has 38 heavy (non-hydrogen) atoms. The molecule has 1 aliphatic heterocycles. The van der Waals surface area contributed by atoms with E-state index >= 15 is 0 Å². The summed E-state index contributed by atoms with van der Waals surface area (Å²) in [6.07, 6.45) is 4.93. The first-order chi connectivity index (χ1) is 18.4. The molecule has 0 atom stereocenters. The summed E-state index contributed by atoms with van der Waals surface area (Å²) in [5, 5.41) is 10.2. The number of benzene rings is 2. The molecule has 0 spiro atoms. The van der Waals surface area contributed by atoms with Crippen LogP contribution in [-0.2, 0) is 15.1 Å². The molecule has 10 heteroatoms. The maximum Gasteiger partial charge on any atom is 0.255 e. The Morgan fingerprint density at radius 1 is 1.03 bits per heavy atom. The summed E-state index contributed by atoms with van der Waals surface area (Å²) >= 11 is 0. The molecule has 6 rings (SSSR count). The van der Waals surface area contributed by atoms with Gasteiger partial charge < -0.3 is 25.8 Å². The molecule has 2 aromatic heterocycles. The lowest BCUT2D eigenvalue weighted by Crippen LogP contribution is -2.42. The summed E-state index contributed by atoms with van der Waals surface area (Å²) in [6, 6.07) is 18.0. The number of ether oxygens (including phenoxy) is 2. The number of hydrogen-bond donors (Lipinski definition) is 3. The molecule has 2 fully saturated rings. The largest absolute Gasteiger partial charge is 0.438 e. The minimum Gasteiger partial charge on any atom is -0.438 e. The number of carbonyl (C=O) groups is 2. The van der Waals surface area contributed by atoms with Crippen LogP contribution < -0.4 is 21.1 Å². The Labute approximate surface area is 219 Å².